The number of hydrogen-bond acceptors (Lipinski definition) is 1. The Hall–Kier alpha value is 1.53. The van der Waals surface area contributed by atoms with Crippen molar-refractivity contribution in [2.24, 2.45) is 0 Å². The standard InChI is InChI=1S/Hf.H3N.H2O.Ta/h;1H3;1H2;. The summed E-state index contributed by atoms with van der Waals surface area (Å²) < 4.78 is 0. The van der Waals surface area contributed by atoms with Gasteiger partial charge in [0, 0.05) is 48.2 Å². The van der Waals surface area contributed by atoms with Crippen molar-refractivity contribution < 1.29 is 53.7 Å². The molecule has 0 aromatic heterocycles. The summed E-state index contributed by atoms with van der Waals surface area (Å²) in [6.45, 7) is 0. The van der Waals surface area contributed by atoms with Crippen LogP contribution in [-0.4, -0.2) is 5.48 Å². The monoisotopic (exact) mass is 396 g/mol. The van der Waals surface area contributed by atoms with Crippen LogP contribution in [0, 0.1) is 0 Å². The van der Waals surface area contributed by atoms with E-state index in [2.05, 4.69) is 0 Å². The molecule has 0 aromatic carbocycles. The van der Waals surface area contributed by atoms with Gasteiger partial charge in [0.05, 0.1) is 0 Å². The van der Waals surface area contributed by atoms with E-state index in [0.717, 1.165) is 0 Å². The largest absolute Gasteiger partial charge is 0.412 e. The second kappa shape index (κ2) is 24.1. The first-order chi connectivity index (χ1) is 0. The summed E-state index contributed by atoms with van der Waals surface area (Å²) in [6.07, 6.45) is 0. The fourth-order valence-electron chi connectivity index (χ4n) is 0. The third kappa shape index (κ3) is 9.65. The van der Waals surface area contributed by atoms with E-state index in [1.54, 1.807) is 0 Å². The van der Waals surface area contributed by atoms with Crippen LogP contribution in [-0.2, 0) is 48.2 Å². The van der Waals surface area contributed by atoms with Crippen LogP contribution in [0.2, 0.25) is 0 Å². The molecule has 0 heterocycles. The molecule has 0 saturated carbocycles. The number of hydrogen-bond donors (Lipinski definition) is 1. The minimum absolute atomic E-state index is 0. The van der Waals surface area contributed by atoms with E-state index in [9.17, 15) is 0 Å². The summed E-state index contributed by atoms with van der Waals surface area (Å²) in [7, 11) is 0. The van der Waals surface area contributed by atoms with Crippen molar-refractivity contribution in [3.05, 3.63) is 0 Å². The van der Waals surface area contributed by atoms with Gasteiger partial charge in [0.15, 0.2) is 0 Å². The Morgan fingerprint density at radius 1 is 1.00 bits per heavy atom. The average molecular weight is 394 g/mol. The first kappa shape index (κ1) is 48.5. The Balaban J connectivity index is 0. The van der Waals surface area contributed by atoms with Crippen molar-refractivity contribution in [2.75, 3.05) is 0 Å². The maximum absolute atomic E-state index is 0. The molecule has 0 aliphatic heterocycles. The molecule has 0 fully saturated rings. The maximum Gasteiger partial charge on any atom is 0 e. The fourth-order valence-corrected chi connectivity index (χ4v) is 0. The van der Waals surface area contributed by atoms with Crippen LogP contribution in [0.1, 0.15) is 0 Å². The summed E-state index contributed by atoms with van der Waals surface area (Å²) in [5, 5.41) is 0. The van der Waals surface area contributed by atoms with Gasteiger partial charge in [0.25, 0.3) is 0 Å². The molecule has 0 saturated heterocycles. The van der Waals surface area contributed by atoms with Crippen molar-refractivity contribution in [2.45, 2.75) is 0 Å². The Bertz CT molecular complexity index is 8.00. The van der Waals surface area contributed by atoms with E-state index in [4.69, 9.17) is 0 Å². The first-order valence-corrected chi connectivity index (χ1v) is 0. The van der Waals surface area contributed by atoms with Gasteiger partial charge in [-0.05, 0) is 0 Å². The van der Waals surface area contributed by atoms with Crippen LogP contribution in [0.5, 0.6) is 0 Å². The van der Waals surface area contributed by atoms with Crippen molar-refractivity contribution in [3.63, 3.8) is 0 Å². The molecule has 0 amide bonds. The van der Waals surface area contributed by atoms with Crippen molar-refractivity contribution in [1.29, 1.82) is 0 Å². The molecular weight excluding hydrogens is 389 g/mol. The smallest absolute Gasteiger partial charge is 0 e. The molecule has 4 heteroatoms. The zero-order valence-corrected chi connectivity index (χ0v) is 8.96. The average Bonchev–Trinajstić information content (AvgIpc) is 0. The maximum atomic E-state index is 0. The molecule has 0 aromatic rings. The van der Waals surface area contributed by atoms with Gasteiger partial charge in [0.2, 0.25) is 0 Å². The van der Waals surface area contributed by atoms with Crippen LogP contribution in [0.25, 0.3) is 0 Å². The molecule has 25 valence electrons. The fraction of sp³-hybridized carbons (Fsp3) is 0. The van der Waals surface area contributed by atoms with E-state index in [1.807, 2.05) is 0 Å². The quantitative estimate of drug-likeness (QED) is 0.545. The van der Waals surface area contributed by atoms with Gasteiger partial charge >= 0.3 is 0 Å². The SMILES string of the molecule is N.O.[Hf].[Ta]. The van der Waals surface area contributed by atoms with Crippen molar-refractivity contribution in [3.8, 4) is 0 Å². The third-order valence-corrected chi connectivity index (χ3v) is 0. The molecule has 0 aliphatic carbocycles. The van der Waals surface area contributed by atoms with Gasteiger partial charge in [-0.25, -0.2) is 0 Å². The topological polar surface area (TPSA) is 66.5 Å². The second-order valence-electron chi connectivity index (χ2n) is 0. The predicted molar refractivity (Wildman–Crippen MR) is 8.64 cm³/mol. The van der Waals surface area contributed by atoms with Gasteiger partial charge < -0.3 is 11.6 Å². The zero-order valence-electron chi connectivity index (χ0n) is 2.15. The van der Waals surface area contributed by atoms with Crippen LogP contribution >= 0.6 is 0 Å². The molecule has 0 bridgehead atoms. The molecular formula is H5HfNOTa. The first-order valence-electron chi connectivity index (χ1n) is 0. The van der Waals surface area contributed by atoms with E-state index in [-0.39, 0.29) is 59.9 Å². The third-order valence-electron chi connectivity index (χ3n) is 0. The summed E-state index contributed by atoms with van der Waals surface area (Å²) in [5.74, 6) is 0. The Kier molecular flexibility index (Phi) is 292. The van der Waals surface area contributed by atoms with Crippen LogP contribution in [0.15, 0.2) is 0 Å². The van der Waals surface area contributed by atoms with Gasteiger partial charge in [-0.2, -0.15) is 0 Å². The molecule has 0 rings (SSSR count). The van der Waals surface area contributed by atoms with Crippen molar-refractivity contribution >= 4 is 0 Å². The predicted octanol–water partition coefficient (Wildman–Crippen LogP) is -0.668. The summed E-state index contributed by atoms with van der Waals surface area (Å²) in [5.41, 5.74) is 0. The molecule has 0 unspecified atom stereocenters. The zero-order chi connectivity index (χ0) is 0. The minimum Gasteiger partial charge on any atom is -0.412 e. The second-order valence-corrected chi connectivity index (χ2v) is 0. The van der Waals surface area contributed by atoms with E-state index in [0.29, 0.717) is 0 Å². The Morgan fingerprint density at radius 3 is 1.00 bits per heavy atom. The normalized spacial score (nSPS) is 0. The molecule has 2 nitrogen and oxygen atoms in total. The van der Waals surface area contributed by atoms with Gasteiger partial charge in [0.1, 0.15) is 0 Å². The molecule has 4 heavy (non-hydrogen) atoms. The summed E-state index contributed by atoms with van der Waals surface area (Å²) >= 11 is 0. The van der Waals surface area contributed by atoms with Crippen LogP contribution < -0.4 is 6.15 Å². The van der Waals surface area contributed by atoms with Crippen LogP contribution in [0.4, 0.5) is 0 Å². The van der Waals surface area contributed by atoms with Gasteiger partial charge in [-0.3, -0.25) is 0 Å². The van der Waals surface area contributed by atoms with Crippen LogP contribution in [0.3, 0.4) is 0 Å². The molecule has 1 radical (unpaired) electrons. The molecule has 0 spiro atoms. The van der Waals surface area contributed by atoms with E-state index in [1.165, 1.54) is 0 Å². The Labute approximate surface area is 59.5 Å². The van der Waals surface area contributed by atoms with Gasteiger partial charge in [-0.1, -0.05) is 0 Å². The Morgan fingerprint density at radius 2 is 1.00 bits per heavy atom. The summed E-state index contributed by atoms with van der Waals surface area (Å²) in [6, 6.07) is 0. The number of rotatable bonds is 0. The van der Waals surface area contributed by atoms with E-state index < -0.39 is 0 Å². The molecule has 5 N–H and O–H groups in total. The minimum atomic E-state index is 0. The molecule has 0 atom stereocenters. The van der Waals surface area contributed by atoms with Gasteiger partial charge in [-0.15, -0.1) is 0 Å². The van der Waals surface area contributed by atoms with E-state index >= 15 is 0 Å². The van der Waals surface area contributed by atoms with Crippen molar-refractivity contribution in [1.82, 2.24) is 6.15 Å². The summed E-state index contributed by atoms with van der Waals surface area (Å²) in [4.78, 5) is 0. The molecule has 0 aliphatic rings.